The van der Waals surface area contributed by atoms with Gasteiger partial charge in [-0.3, -0.25) is 9.36 Å². The molecular formula is C27H28N2O4S. The van der Waals surface area contributed by atoms with Gasteiger partial charge < -0.3 is 9.47 Å². The highest BCUT2D eigenvalue weighted by molar-refractivity contribution is 7.07. The Morgan fingerprint density at radius 1 is 1.15 bits per heavy atom. The Balaban J connectivity index is 2.00. The zero-order chi connectivity index (χ0) is 24.4. The fourth-order valence-corrected chi connectivity index (χ4v) is 5.08. The van der Waals surface area contributed by atoms with E-state index in [1.165, 1.54) is 11.3 Å². The molecule has 1 aromatic heterocycles. The molecule has 0 amide bonds. The molecular weight excluding hydrogens is 448 g/mol. The molecule has 0 saturated carbocycles. The molecule has 7 heteroatoms. The second-order valence-electron chi connectivity index (χ2n) is 8.36. The van der Waals surface area contributed by atoms with Crippen molar-refractivity contribution in [3.63, 3.8) is 0 Å². The summed E-state index contributed by atoms with van der Waals surface area (Å²) in [7, 11) is 0. The van der Waals surface area contributed by atoms with Crippen molar-refractivity contribution in [1.29, 1.82) is 0 Å². The molecule has 0 unspecified atom stereocenters. The lowest BCUT2D eigenvalue weighted by atomic mass is 9.95. The number of ether oxygens (including phenoxy) is 2. The molecule has 4 rings (SSSR count). The van der Waals surface area contributed by atoms with E-state index >= 15 is 0 Å². The van der Waals surface area contributed by atoms with Gasteiger partial charge in [0.1, 0.15) is 11.8 Å². The number of nitrogens with zero attached hydrogens (tertiary/aromatic N) is 2. The van der Waals surface area contributed by atoms with Crippen LogP contribution < -0.4 is 19.6 Å². The van der Waals surface area contributed by atoms with Crippen molar-refractivity contribution in [1.82, 2.24) is 4.57 Å². The topological polar surface area (TPSA) is 69.9 Å². The molecule has 3 aromatic rings. The van der Waals surface area contributed by atoms with Gasteiger partial charge in [0.25, 0.3) is 5.56 Å². The Labute approximate surface area is 202 Å². The molecule has 6 nitrogen and oxygen atoms in total. The third-order valence-corrected chi connectivity index (χ3v) is 6.55. The lowest BCUT2D eigenvalue weighted by molar-refractivity contribution is -0.139. The molecule has 176 valence electrons. The van der Waals surface area contributed by atoms with Crippen LogP contribution >= 0.6 is 11.3 Å². The van der Waals surface area contributed by atoms with Crippen LogP contribution in [0.15, 0.2) is 69.6 Å². The van der Waals surface area contributed by atoms with E-state index in [1.807, 2.05) is 75.4 Å². The average Bonchev–Trinajstić information content (AvgIpc) is 3.09. The van der Waals surface area contributed by atoms with Crippen LogP contribution in [-0.2, 0) is 9.53 Å². The van der Waals surface area contributed by atoms with Gasteiger partial charge in [0.05, 0.1) is 28.5 Å². The summed E-state index contributed by atoms with van der Waals surface area (Å²) in [6, 6.07) is 14.7. The first-order chi connectivity index (χ1) is 16.3. The van der Waals surface area contributed by atoms with Crippen molar-refractivity contribution in [3.05, 3.63) is 96.2 Å². The first kappa shape index (κ1) is 23.7. The van der Waals surface area contributed by atoms with Crippen molar-refractivity contribution in [2.24, 2.45) is 4.99 Å². The summed E-state index contributed by atoms with van der Waals surface area (Å²) < 4.78 is 13.6. The molecule has 0 N–H and O–H groups in total. The molecule has 0 bridgehead atoms. The number of fused-ring (bicyclic) bond motifs is 1. The summed E-state index contributed by atoms with van der Waals surface area (Å²) in [5.74, 6) is 0.133. The smallest absolute Gasteiger partial charge is 0.338 e. The quantitative estimate of drug-likeness (QED) is 0.506. The molecule has 0 spiro atoms. The maximum Gasteiger partial charge on any atom is 0.338 e. The lowest BCUT2D eigenvalue weighted by Crippen LogP contribution is -2.40. The summed E-state index contributed by atoms with van der Waals surface area (Å²) in [4.78, 5) is 32.0. The number of allylic oxidation sites excluding steroid dienone is 1. The highest BCUT2D eigenvalue weighted by atomic mass is 32.1. The van der Waals surface area contributed by atoms with Gasteiger partial charge in [-0.1, -0.05) is 53.8 Å². The number of carbonyl (C=O) groups excluding carboxylic acids is 1. The van der Waals surface area contributed by atoms with Gasteiger partial charge in [-0.25, -0.2) is 9.79 Å². The monoisotopic (exact) mass is 476 g/mol. The molecule has 2 aromatic carbocycles. The Morgan fingerprint density at radius 3 is 2.56 bits per heavy atom. The first-order valence-corrected chi connectivity index (χ1v) is 12.1. The zero-order valence-electron chi connectivity index (χ0n) is 20.0. The molecule has 1 aliphatic rings. The van der Waals surface area contributed by atoms with Crippen molar-refractivity contribution in [2.75, 3.05) is 6.61 Å². The molecule has 2 heterocycles. The number of para-hydroxylation sites is 1. The number of benzene rings is 2. The number of rotatable bonds is 6. The van der Waals surface area contributed by atoms with Gasteiger partial charge in [0.15, 0.2) is 4.80 Å². The van der Waals surface area contributed by atoms with Gasteiger partial charge in [0, 0.05) is 5.56 Å². The largest absolute Gasteiger partial charge is 0.491 e. The maximum atomic E-state index is 13.7. The highest BCUT2D eigenvalue weighted by Crippen LogP contribution is 2.36. The number of carbonyl (C=O) groups is 1. The first-order valence-electron chi connectivity index (χ1n) is 11.3. The number of hydrogen-bond acceptors (Lipinski definition) is 6. The van der Waals surface area contributed by atoms with E-state index in [9.17, 15) is 9.59 Å². The molecule has 1 atom stereocenters. The summed E-state index contributed by atoms with van der Waals surface area (Å²) in [6.45, 7) is 9.66. The Hall–Kier alpha value is -3.45. The number of hydrogen-bond donors (Lipinski definition) is 0. The van der Waals surface area contributed by atoms with E-state index in [4.69, 9.17) is 9.47 Å². The van der Waals surface area contributed by atoms with E-state index in [2.05, 4.69) is 4.99 Å². The summed E-state index contributed by atoms with van der Waals surface area (Å²) in [5, 5.41) is 0. The molecule has 0 saturated heterocycles. The van der Waals surface area contributed by atoms with E-state index in [0.29, 0.717) is 26.4 Å². The van der Waals surface area contributed by atoms with Crippen molar-refractivity contribution >= 4 is 23.4 Å². The van der Waals surface area contributed by atoms with Gasteiger partial charge in [-0.15, -0.1) is 0 Å². The van der Waals surface area contributed by atoms with Crippen molar-refractivity contribution in [3.8, 4) is 5.75 Å². The van der Waals surface area contributed by atoms with Crippen molar-refractivity contribution in [2.45, 2.75) is 46.8 Å². The fraction of sp³-hybridized carbons (Fsp3) is 0.296. The van der Waals surface area contributed by atoms with Crippen LogP contribution in [0.4, 0.5) is 0 Å². The third kappa shape index (κ3) is 4.48. The van der Waals surface area contributed by atoms with Gasteiger partial charge in [0.2, 0.25) is 0 Å². The molecule has 0 radical (unpaired) electrons. The summed E-state index contributed by atoms with van der Waals surface area (Å²) in [5.41, 5.74) is 3.43. The van der Waals surface area contributed by atoms with Crippen LogP contribution in [0.1, 0.15) is 50.4 Å². The van der Waals surface area contributed by atoms with E-state index in [-0.39, 0.29) is 18.3 Å². The zero-order valence-corrected chi connectivity index (χ0v) is 20.8. The molecule has 0 fully saturated rings. The number of esters is 1. The Morgan fingerprint density at radius 2 is 1.85 bits per heavy atom. The minimum atomic E-state index is -0.704. The SMILES string of the molecule is CCOC(=O)C1=C(C)N=c2s/c(=C/c3ccccc3C)c(=O)n2[C@@H]1c1ccccc1OC(C)C. The van der Waals surface area contributed by atoms with Gasteiger partial charge in [-0.05, 0) is 57.9 Å². The lowest BCUT2D eigenvalue weighted by Gasteiger charge is -2.26. The minimum Gasteiger partial charge on any atom is -0.491 e. The van der Waals surface area contributed by atoms with E-state index in [0.717, 1.165) is 16.7 Å². The molecule has 1 aliphatic heterocycles. The molecule has 34 heavy (non-hydrogen) atoms. The van der Waals surface area contributed by atoms with Crippen LogP contribution in [0.5, 0.6) is 5.75 Å². The van der Waals surface area contributed by atoms with Crippen LogP contribution in [0.2, 0.25) is 0 Å². The normalized spacial score (nSPS) is 15.8. The van der Waals surface area contributed by atoms with Gasteiger partial charge in [-0.2, -0.15) is 0 Å². The standard InChI is InChI=1S/C27H28N2O4S/c1-6-32-26(31)23-18(5)28-27-29(24(23)20-13-9-10-14-21(20)33-16(2)3)25(30)22(34-27)15-19-12-8-7-11-17(19)4/h7-16,24H,6H2,1-5H3/b22-15+/t24-/m1/s1. The summed E-state index contributed by atoms with van der Waals surface area (Å²) in [6.07, 6.45) is 1.81. The second-order valence-corrected chi connectivity index (χ2v) is 9.37. The van der Waals surface area contributed by atoms with E-state index in [1.54, 1.807) is 18.4 Å². The third-order valence-electron chi connectivity index (χ3n) is 5.57. The number of aryl methyl sites for hydroxylation is 1. The summed E-state index contributed by atoms with van der Waals surface area (Å²) >= 11 is 1.32. The fourth-order valence-electron chi connectivity index (χ4n) is 4.04. The molecule has 0 aliphatic carbocycles. The van der Waals surface area contributed by atoms with Gasteiger partial charge >= 0.3 is 5.97 Å². The van der Waals surface area contributed by atoms with Crippen molar-refractivity contribution < 1.29 is 14.3 Å². The highest BCUT2D eigenvalue weighted by Gasteiger charge is 2.35. The van der Waals surface area contributed by atoms with Crippen LogP contribution in [0.25, 0.3) is 6.08 Å². The minimum absolute atomic E-state index is 0.0748. The van der Waals surface area contributed by atoms with E-state index < -0.39 is 12.0 Å². The number of aromatic nitrogens is 1. The number of thiazole rings is 1. The predicted molar refractivity (Wildman–Crippen MR) is 134 cm³/mol. The van der Waals surface area contributed by atoms with Crippen LogP contribution in [0.3, 0.4) is 0 Å². The Bertz CT molecular complexity index is 1450. The maximum absolute atomic E-state index is 13.7. The second kappa shape index (κ2) is 9.81. The van der Waals surface area contributed by atoms with Crippen LogP contribution in [-0.4, -0.2) is 23.2 Å². The predicted octanol–water partition coefficient (Wildman–Crippen LogP) is 3.89. The van der Waals surface area contributed by atoms with Crippen LogP contribution in [0, 0.1) is 6.92 Å². The average molecular weight is 477 g/mol. The Kier molecular flexibility index (Phi) is 6.84.